The van der Waals surface area contributed by atoms with Crippen LogP contribution in [0.4, 0.5) is 10.2 Å². The third-order valence-electron chi connectivity index (χ3n) is 2.94. The first-order chi connectivity index (χ1) is 9.81. The summed E-state index contributed by atoms with van der Waals surface area (Å²) in [5.74, 6) is 0.538. The first-order valence-electron chi connectivity index (χ1n) is 6.37. The number of nitrogens with one attached hydrogen (secondary N) is 1. The van der Waals surface area contributed by atoms with Crippen molar-refractivity contribution >= 4 is 17.0 Å². The maximum atomic E-state index is 13.0. The predicted molar refractivity (Wildman–Crippen MR) is 75.9 cm³/mol. The predicted octanol–water partition coefficient (Wildman–Crippen LogP) is 2.82. The van der Waals surface area contributed by atoms with Crippen LogP contribution in [0.15, 0.2) is 48.8 Å². The van der Waals surface area contributed by atoms with Crippen LogP contribution in [0.2, 0.25) is 0 Å². The number of pyridine rings is 1. The van der Waals surface area contributed by atoms with E-state index >= 15 is 0 Å². The van der Waals surface area contributed by atoms with Gasteiger partial charge in [0.1, 0.15) is 17.2 Å². The maximum Gasteiger partial charge on any atom is 0.180 e. The summed E-state index contributed by atoms with van der Waals surface area (Å²) in [5, 5.41) is 3.20. The zero-order valence-corrected chi connectivity index (χ0v) is 10.8. The second-order valence-corrected chi connectivity index (χ2v) is 4.40. The Morgan fingerprint density at radius 1 is 1.05 bits per heavy atom. The van der Waals surface area contributed by atoms with E-state index in [1.54, 1.807) is 24.5 Å². The Bertz CT molecular complexity index is 730. The molecule has 0 aliphatic heterocycles. The van der Waals surface area contributed by atoms with E-state index in [2.05, 4.69) is 20.3 Å². The van der Waals surface area contributed by atoms with Gasteiger partial charge in [-0.2, -0.15) is 0 Å². The summed E-state index contributed by atoms with van der Waals surface area (Å²) in [7, 11) is 0. The van der Waals surface area contributed by atoms with Gasteiger partial charge in [0.25, 0.3) is 0 Å². The van der Waals surface area contributed by atoms with Crippen LogP contribution < -0.4 is 5.32 Å². The molecule has 2 aromatic heterocycles. The summed E-state index contributed by atoms with van der Waals surface area (Å²) < 4.78 is 13.0. The number of hydrogen-bond acceptors (Lipinski definition) is 4. The highest BCUT2D eigenvalue weighted by atomic mass is 19.1. The summed E-state index contributed by atoms with van der Waals surface area (Å²) in [6, 6.07) is 10.3. The fourth-order valence-electron chi connectivity index (χ4n) is 1.98. The first kappa shape index (κ1) is 12.5. The summed E-state index contributed by atoms with van der Waals surface area (Å²) in [6.45, 7) is 0.683. The molecule has 0 aliphatic rings. The Morgan fingerprint density at radius 3 is 2.85 bits per heavy atom. The number of benzene rings is 1. The Balaban J connectivity index is 1.65. The Labute approximate surface area is 115 Å². The lowest BCUT2D eigenvalue weighted by Gasteiger charge is -2.06. The number of halogens is 1. The SMILES string of the molecule is Fc1cccc(CCNc2ccc3nccnc3n2)c1. The van der Waals surface area contributed by atoms with Gasteiger partial charge in [-0.25, -0.2) is 14.4 Å². The number of rotatable bonds is 4. The van der Waals surface area contributed by atoms with Crippen LogP contribution in [0, 0.1) is 5.82 Å². The molecule has 0 aliphatic carbocycles. The van der Waals surface area contributed by atoms with E-state index in [-0.39, 0.29) is 5.82 Å². The summed E-state index contributed by atoms with van der Waals surface area (Å²) in [5.41, 5.74) is 2.34. The van der Waals surface area contributed by atoms with E-state index in [9.17, 15) is 4.39 Å². The van der Waals surface area contributed by atoms with Crippen molar-refractivity contribution in [2.24, 2.45) is 0 Å². The van der Waals surface area contributed by atoms with Crippen molar-refractivity contribution < 1.29 is 4.39 Å². The third-order valence-corrected chi connectivity index (χ3v) is 2.94. The topological polar surface area (TPSA) is 50.7 Å². The molecule has 20 heavy (non-hydrogen) atoms. The van der Waals surface area contributed by atoms with E-state index < -0.39 is 0 Å². The number of nitrogens with zero attached hydrogens (tertiary/aromatic N) is 3. The summed E-state index contributed by atoms with van der Waals surface area (Å²) in [4.78, 5) is 12.7. The smallest absolute Gasteiger partial charge is 0.180 e. The second-order valence-electron chi connectivity index (χ2n) is 4.40. The zero-order valence-electron chi connectivity index (χ0n) is 10.8. The number of aromatic nitrogens is 3. The van der Waals surface area contributed by atoms with Crippen LogP contribution >= 0.6 is 0 Å². The van der Waals surface area contributed by atoms with E-state index in [1.807, 2.05) is 18.2 Å². The lowest BCUT2D eigenvalue weighted by molar-refractivity contribution is 0.625. The van der Waals surface area contributed by atoms with Gasteiger partial charge < -0.3 is 5.32 Å². The average Bonchev–Trinajstić information content (AvgIpc) is 2.47. The molecule has 3 rings (SSSR count). The highest BCUT2D eigenvalue weighted by Crippen LogP contribution is 2.10. The standard InChI is InChI=1S/C15H13FN4/c16-12-3-1-2-11(10-12)6-7-18-14-5-4-13-15(20-14)19-9-8-17-13/h1-5,8-10H,6-7H2,(H,18,19,20). The molecule has 2 heterocycles. The summed E-state index contributed by atoms with van der Waals surface area (Å²) >= 11 is 0. The van der Waals surface area contributed by atoms with E-state index in [0.29, 0.717) is 12.2 Å². The minimum atomic E-state index is -0.207. The van der Waals surface area contributed by atoms with Crippen LogP contribution in [0.25, 0.3) is 11.2 Å². The van der Waals surface area contributed by atoms with Crippen LogP contribution in [-0.2, 0) is 6.42 Å². The van der Waals surface area contributed by atoms with Crippen LogP contribution in [0.5, 0.6) is 0 Å². The second kappa shape index (κ2) is 5.61. The lowest BCUT2D eigenvalue weighted by Crippen LogP contribution is -2.06. The molecule has 0 bridgehead atoms. The van der Waals surface area contributed by atoms with Gasteiger partial charge in [0.15, 0.2) is 5.65 Å². The van der Waals surface area contributed by atoms with Gasteiger partial charge >= 0.3 is 0 Å². The van der Waals surface area contributed by atoms with Crippen LogP contribution in [0.1, 0.15) is 5.56 Å². The number of anilines is 1. The fraction of sp³-hybridized carbons (Fsp3) is 0.133. The van der Waals surface area contributed by atoms with Gasteiger partial charge in [0.2, 0.25) is 0 Å². The summed E-state index contributed by atoms with van der Waals surface area (Å²) in [6.07, 6.45) is 3.99. The fourth-order valence-corrected chi connectivity index (χ4v) is 1.98. The van der Waals surface area contributed by atoms with Crippen molar-refractivity contribution in [1.29, 1.82) is 0 Å². The van der Waals surface area contributed by atoms with Crippen molar-refractivity contribution in [3.63, 3.8) is 0 Å². The Kier molecular flexibility index (Phi) is 3.50. The van der Waals surface area contributed by atoms with Crippen molar-refractivity contribution in [2.75, 3.05) is 11.9 Å². The molecule has 100 valence electrons. The third kappa shape index (κ3) is 2.88. The van der Waals surface area contributed by atoms with Gasteiger partial charge in [0, 0.05) is 18.9 Å². The number of hydrogen-bond donors (Lipinski definition) is 1. The minimum absolute atomic E-state index is 0.207. The molecule has 0 fully saturated rings. The number of fused-ring (bicyclic) bond motifs is 1. The van der Waals surface area contributed by atoms with E-state index in [1.165, 1.54) is 6.07 Å². The van der Waals surface area contributed by atoms with Crippen LogP contribution in [-0.4, -0.2) is 21.5 Å². The van der Waals surface area contributed by atoms with Gasteiger partial charge in [-0.3, -0.25) is 4.98 Å². The van der Waals surface area contributed by atoms with Gasteiger partial charge in [-0.15, -0.1) is 0 Å². The first-order valence-corrected chi connectivity index (χ1v) is 6.37. The Morgan fingerprint density at radius 2 is 1.95 bits per heavy atom. The molecule has 0 saturated heterocycles. The molecule has 0 unspecified atom stereocenters. The molecule has 0 saturated carbocycles. The minimum Gasteiger partial charge on any atom is -0.370 e. The van der Waals surface area contributed by atoms with Crippen LogP contribution in [0.3, 0.4) is 0 Å². The molecular formula is C15H13FN4. The average molecular weight is 268 g/mol. The molecule has 5 heteroatoms. The van der Waals surface area contributed by atoms with Gasteiger partial charge in [-0.05, 0) is 36.2 Å². The van der Waals surface area contributed by atoms with Gasteiger partial charge in [0.05, 0.1) is 0 Å². The molecule has 1 N–H and O–H groups in total. The quantitative estimate of drug-likeness (QED) is 0.790. The monoisotopic (exact) mass is 268 g/mol. The van der Waals surface area contributed by atoms with Gasteiger partial charge in [-0.1, -0.05) is 12.1 Å². The molecule has 3 aromatic rings. The molecular weight excluding hydrogens is 255 g/mol. The van der Waals surface area contributed by atoms with E-state index in [4.69, 9.17) is 0 Å². The largest absolute Gasteiger partial charge is 0.370 e. The van der Waals surface area contributed by atoms with Crippen molar-refractivity contribution in [3.8, 4) is 0 Å². The molecule has 0 spiro atoms. The van der Waals surface area contributed by atoms with E-state index in [0.717, 1.165) is 23.3 Å². The normalized spacial score (nSPS) is 10.7. The zero-order chi connectivity index (χ0) is 13.8. The molecule has 0 atom stereocenters. The van der Waals surface area contributed by atoms with Crippen molar-refractivity contribution in [3.05, 3.63) is 60.2 Å². The maximum absolute atomic E-state index is 13.0. The highest BCUT2D eigenvalue weighted by Gasteiger charge is 2.00. The van der Waals surface area contributed by atoms with Crippen molar-refractivity contribution in [2.45, 2.75) is 6.42 Å². The molecule has 1 aromatic carbocycles. The highest BCUT2D eigenvalue weighted by molar-refractivity contribution is 5.71. The lowest BCUT2D eigenvalue weighted by atomic mass is 10.1. The molecule has 0 radical (unpaired) electrons. The molecule has 0 amide bonds. The van der Waals surface area contributed by atoms with Crippen molar-refractivity contribution in [1.82, 2.24) is 15.0 Å². The Hall–Kier alpha value is -2.56. The molecule has 4 nitrogen and oxygen atoms in total.